The number of nitrogens with zero attached hydrogens (tertiary/aromatic N) is 1. The number of aliphatic hydroxyl groups excluding tert-OH is 1. The Balaban J connectivity index is 2.06. The van der Waals surface area contributed by atoms with Crippen molar-refractivity contribution in [3.05, 3.63) is 40.7 Å². The molecule has 0 radical (unpaired) electrons. The van der Waals surface area contributed by atoms with Crippen LogP contribution in [0, 0.1) is 0 Å². The smallest absolute Gasteiger partial charge is 0.0958 e. The fourth-order valence-corrected chi connectivity index (χ4v) is 2.66. The highest BCUT2D eigenvalue weighted by Gasteiger charge is 2.09. The summed E-state index contributed by atoms with van der Waals surface area (Å²) in [5.74, 6) is 0. The van der Waals surface area contributed by atoms with E-state index in [2.05, 4.69) is 29.4 Å². The molecule has 2 nitrogen and oxygen atoms in total. The molecule has 0 saturated carbocycles. The fraction of sp³-hybridized carbons (Fsp3) is 0.357. The molecule has 0 saturated heterocycles. The number of hydrogen-bond donors (Lipinski definition) is 1. The van der Waals surface area contributed by atoms with E-state index < -0.39 is 0 Å². The van der Waals surface area contributed by atoms with E-state index in [1.807, 2.05) is 18.2 Å². The van der Waals surface area contributed by atoms with Gasteiger partial charge < -0.3 is 5.11 Å². The maximum Gasteiger partial charge on any atom is 0.0958 e. The van der Waals surface area contributed by atoms with Crippen molar-refractivity contribution >= 4 is 11.3 Å². The van der Waals surface area contributed by atoms with Crippen molar-refractivity contribution in [2.45, 2.75) is 32.3 Å². The summed E-state index contributed by atoms with van der Waals surface area (Å²) in [7, 11) is 0. The Bertz CT molecular complexity index is 452. The number of rotatable bonds is 5. The lowest BCUT2D eigenvalue weighted by atomic mass is 10.1. The van der Waals surface area contributed by atoms with Gasteiger partial charge in [0.25, 0.3) is 0 Å². The van der Waals surface area contributed by atoms with Gasteiger partial charge in [0.1, 0.15) is 0 Å². The summed E-state index contributed by atoms with van der Waals surface area (Å²) in [6.45, 7) is 2.08. The molecule has 1 aromatic heterocycles. The summed E-state index contributed by atoms with van der Waals surface area (Å²) in [5.41, 5.74) is 2.15. The highest BCUT2D eigenvalue weighted by Crippen LogP contribution is 2.22. The minimum atomic E-state index is -0.255. The van der Waals surface area contributed by atoms with Gasteiger partial charge in [-0.15, -0.1) is 11.3 Å². The average molecular weight is 247 g/mol. The summed E-state index contributed by atoms with van der Waals surface area (Å²) >= 11 is 1.63. The molecule has 2 aromatic rings. The quantitative estimate of drug-likeness (QED) is 0.877. The molecule has 1 aromatic carbocycles. The van der Waals surface area contributed by atoms with Crippen molar-refractivity contribution in [3.63, 3.8) is 0 Å². The number of aromatic nitrogens is 1. The Morgan fingerprint density at radius 2 is 2.06 bits per heavy atom. The van der Waals surface area contributed by atoms with E-state index in [1.54, 1.807) is 11.3 Å². The SMILES string of the molecule is CCCC(O)Cc1nc(-c2ccccc2)cs1. The predicted molar refractivity (Wildman–Crippen MR) is 72.2 cm³/mol. The number of thiazole rings is 1. The predicted octanol–water partition coefficient (Wildman–Crippen LogP) is 3.51. The zero-order chi connectivity index (χ0) is 12.1. The van der Waals surface area contributed by atoms with Crippen molar-refractivity contribution in [2.24, 2.45) is 0 Å². The summed E-state index contributed by atoms with van der Waals surface area (Å²) < 4.78 is 0. The van der Waals surface area contributed by atoms with Crippen LogP contribution >= 0.6 is 11.3 Å². The molecule has 17 heavy (non-hydrogen) atoms. The standard InChI is InChI=1S/C14H17NOS/c1-2-6-12(16)9-14-15-13(10-17-14)11-7-4-3-5-8-11/h3-5,7-8,10,12,16H,2,6,9H2,1H3. The third-order valence-electron chi connectivity index (χ3n) is 2.65. The van der Waals surface area contributed by atoms with Crippen LogP contribution in [0.4, 0.5) is 0 Å². The molecule has 3 heteroatoms. The Kier molecular flexibility index (Phi) is 4.29. The summed E-state index contributed by atoms with van der Waals surface area (Å²) in [6, 6.07) is 10.1. The van der Waals surface area contributed by atoms with E-state index in [0.717, 1.165) is 29.1 Å². The molecule has 0 spiro atoms. The van der Waals surface area contributed by atoms with Crippen molar-refractivity contribution in [2.75, 3.05) is 0 Å². The molecule has 0 amide bonds. The van der Waals surface area contributed by atoms with Gasteiger partial charge in [0.05, 0.1) is 16.8 Å². The minimum absolute atomic E-state index is 0.255. The summed E-state index contributed by atoms with van der Waals surface area (Å²) in [6.07, 6.45) is 2.28. The first-order chi connectivity index (χ1) is 8.29. The lowest BCUT2D eigenvalue weighted by Gasteiger charge is -2.05. The highest BCUT2D eigenvalue weighted by molar-refractivity contribution is 7.09. The van der Waals surface area contributed by atoms with Gasteiger partial charge in [-0.05, 0) is 6.42 Å². The Morgan fingerprint density at radius 1 is 1.29 bits per heavy atom. The molecule has 1 unspecified atom stereocenters. The zero-order valence-electron chi connectivity index (χ0n) is 9.97. The first-order valence-corrected chi connectivity index (χ1v) is 6.85. The van der Waals surface area contributed by atoms with Crippen molar-refractivity contribution in [1.82, 2.24) is 4.98 Å². The summed E-state index contributed by atoms with van der Waals surface area (Å²) in [4.78, 5) is 4.56. The van der Waals surface area contributed by atoms with Crippen LogP contribution in [0.2, 0.25) is 0 Å². The first kappa shape index (κ1) is 12.3. The second-order valence-electron chi connectivity index (χ2n) is 4.14. The number of aliphatic hydroxyl groups is 1. The van der Waals surface area contributed by atoms with Gasteiger partial charge in [-0.2, -0.15) is 0 Å². The van der Waals surface area contributed by atoms with Crippen LogP contribution < -0.4 is 0 Å². The molecule has 0 aliphatic carbocycles. The first-order valence-electron chi connectivity index (χ1n) is 5.97. The van der Waals surface area contributed by atoms with E-state index in [9.17, 15) is 5.11 Å². The van der Waals surface area contributed by atoms with Crippen molar-refractivity contribution in [1.29, 1.82) is 0 Å². The largest absolute Gasteiger partial charge is 0.393 e. The Labute approximate surface area is 106 Å². The van der Waals surface area contributed by atoms with Crippen molar-refractivity contribution in [3.8, 4) is 11.3 Å². The lowest BCUT2D eigenvalue weighted by molar-refractivity contribution is 0.164. The van der Waals surface area contributed by atoms with Crippen LogP contribution in [0.3, 0.4) is 0 Å². The van der Waals surface area contributed by atoms with Crippen LogP contribution in [0.15, 0.2) is 35.7 Å². The maximum atomic E-state index is 9.75. The third kappa shape index (κ3) is 3.38. The minimum Gasteiger partial charge on any atom is -0.393 e. The van der Waals surface area contributed by atoms with Gasteiger partial charge in [-0.1, -0.05) is 43.7 Å². The van der Waals surface area contributed by atoms with Gasteiger partial charge in [-0.3, -0.25) is 0 Å². The summed E-state index contributed by atoms with van der Waals surface area (Å²) in [5, 5.41) is 12.8. The average Bonchev–Trinajstić information content (AvgIpc) is 2.79. The zero-order valence-corrected chi connectivity index (χ0v) is 10.8. The van der Waals surface area contributed by atoms with Gasteiger partial charge in [-0.25, -0.2) is 4.98 Å². The molecule has 1 atom stereocenters. The van der Waals surface area contributed by atoms with Crippen molar-refractivity contribution < 1.29 is 5.11 Å². The molecule has 1 heterocycles. The van der Waals surface area contributed by atoms with Gasteiger partial charge in [0, 0.05) is 17.4 Å². The van der Waals surface area contributed by atoms with Gasteiger partial charge in [0.2, 0.25) is 0 Å². The molecule has 90 valence electrons. The van der Waals surface area contributed by atoms with E-state index >= 15 is 0 Å². The van der Waals surface area contributed by atoms with Crippen LogP contribution in [-0.2, 0) is 6.42 Å². The highest BCUT2D eigenvalue weighted by atomic mass is 32.1. The van der Waals surface area contributed by atoms with E-state index in [0.29, 0.717) is 6.42 Å². The molecule has 1 N–H and O–H groups in total. The Morgan fingerprint density at radius 3 is 2.76 bits per heavy atom. The maximum absolute atomic E-state index is 9.75. The second kappa shape index (κ2) is 5.94. The van der Waals surface area contributed by atoms with Gasteiger partial charge >= 0.3 is 0 Å². The lowest BCUT2D eigenvalue weighted by Crippen LogP contribution is -2.09. The van der Waals surface area contributed by atoms with Crippen LogP contribution in [-0.4, -0.2) is 16.2 Å². The molecule has 0 fully saturated rings. The molecule has 2 rings (SSSR count). The third-order valence-corrected chi connectivity index (χ3v) is 3.52. The molecule has 0 aliphatic rings. The molecule has 0 aliphatic heterocycles. The van der Waals surface area contributed by atoms with E-state index in [4.69, 9.17) is 0 Å². The van der Waals surface area contributed by atoms with E-state index in [1.165, 1.54) is 0 Å². The normalized spacial score (nSPS) is 12.6. The molecular weight excluding hydrogens is 230 g/mol. The molecule has 0 bridgehead atoms. The van der Waals surface area contributed by atoms with Crippen LogP contribution in [0.5, 0.6) is 0 Å². The number of benzene rings is 1. The topological polar surface area (TPSA) is 33.1 Å². The van der Waals surface area contributed by atoms with E-state index in [-0.39, 0.29) is 6.10 Å². The van der Waals surface area contributed by atoms with Gasteiger partial charge in [0.15, 0.2) is 0 Å². The molecular formula is C14H17NOS. The second-order valence-corrected chi connectivity index (χ2v) is 5.08. The Hall–Kier alpha value is -1.19. The number of hydrogen-bond acceptors (Lipinski definition) is 3. The fourth-order valence-electron chi connectivity index (χ4n) is 1.78. The van der Waals surface area contributed by atoms with Crippen LogP contribution in [0.1, 0.15) is 24.8 Å². The van der Waals surface area contributed by atoms with Crippen LogP contribution in [0.25, 0.3) is 11.3 Å². The monoisotopic (exact) mass is 247 g/mol.